The zero-order valence-electron chi connectivity index (χ0n) is 18.4. The maximum Gasteiger partial charge on any atom is 0.312 e. The van der Waals surface area contributed by atoms with E-state index in [1.165, 1.54) is 7.11 Å². The number of hydrogen-bond acceptors (Lipinski definition) is 8. The van der Waals surface area contributed by atoms with Crippen LogP contribution in [0.2, 0.25) is 0 Å². The molecule has 0 aromatic carbocycles. The summed E-state index contributed by atoms with van der Waals surface area (Å²) < 4.78 is 17.7. The van der Waals surface area contributed by atoms with Crippen LogP contribution >= 0.6 is 0 Å². The quantitative estimate of drug-likeness (QED) is 0.358. The van der Waals surface area contributed by atoms with Crippen molar-refractivity contribution in [3.8, 4) is 0 Å². The second kappa shape index (κ2) is 8.24. The molecule has 12 atom stereocenters. The molecule has 1 saturated heterocycles. The van der Waals surface area contributed by atoms with Gasteiger partial charge in [-0.2, -0.15) is 0 Å². The first-order chi connectivity index (χ1) is 14.7. The molecule has 0 aromatic heterocycles. The molecule has 2 heterocycles. The standard InChI is InChI=1S/C23H34O8/c1-10-7-11(2)23-15(14(9-29-4)22(28)30-20(10)16(25)8-24)6-5-13-17(23)18(26)12(3)19(27)21(13)31-23/h5-7,10,12-21,24-27H,8-9H2,1-4H3/b11-7+/t10-,12-,13-,14-,15-,16-,17+,18-,19-,20+,21-,23+/m1/s1. The molecule has 2 aliphatic heterocycles. The van der Waals surface area contributed by atoms with Crippen molar-refractivity contribution in [1.82, 2.24) is 0 Å². The van der Waals surface area contributed by atoms with Gasteiger partial charge in [-0.15, -0.1) is 0 Å². The van der Waals surface area contributed by atoms with Crippen LogP contribution in [-0.4, -0.2) is 82.8 Å². The maximum absolute atomic E-state index is 13.3. The molecule has 174 valence electrons. The Morgan fingerprint density at radius 2 is 1.94 bits per heavy atom. The third-order valence-electron chi connectivity index (χ3n) is 7.99. The molecule has 2 aliphatic carbocycles. The number of methoxy groups -OCH3 is 1. The minimum atomic E-state index is -1.23. The minimum absolute atomic E-state index is 0.0683. The van der Waals surface area contributed by atoms with Crippen molar-refractivity contribution in [2.45, 2.75) is 56.9 Å². The normalized spacial score (nSPS) is 51.6. The van der Waals surface area contributed by atoms with Crippen LogP contribution in [0.15, 0.2) is 23.8 Å². The van der Waals surface area contributed by atoms with E-state index in [-0.39, 0.29) is 24.4 Å². The van der Waals surface area contributed by atoms with Crippen molar-refractivity contribution in [3.63, 3.8) is 0 Å². The second-order valence-electron chi connectivity index (χ2n) is 9.65. The van der Waals surface area contributed by atoms with Crippen LogP contribution in [0.3, 0.4) is 0 Å². The highest BCUT2D eigenvalue weighted by atomic mass is 16.6. The Balaban J connectivity index is 1.89. The monoisotopic (exact) mass is 438 g/mol. The number of carbonyl (C=O) groups excluding carboxylic acids is 1. The van der Waals surface area contributed by atoms with Gasteiger partial charge in [0.05, 0.1) is 37.4 Å². The predicted molar refractivity (Wildman–Crippen MR) is 110 cm³/mol. The largest absolute Gasteiger partial charge is 0.459 e. The predicted octanol–water partition coefficient (Wildman–Crippen LogP) is 0.0375. The number of aliphatic hydroxyl groups excluding tert-OH is 4. The first-order valence-corrected chi connectivity index (χ1v) is 11.1. The van der Waals surface area contributed by atoms with Crippen LogP contribution < -0.4 is 0 Å². The van der Waals surface area contributed by atoms with E-state index in [9.17, 15) is 25.2 Å². The Bertz CT molecular complexity index is 765. The van der Waals surface area contributed by atoms with E-state index in [0.29, 0.717) is 0 Å². The molecule has 0 radical (unpaired) electrons. The summed E-state index contributed by atoms with van der Waals surface area (Å²) in [6.45, 7) is 5.07. The molecule has 4 N–H and O–H groups in total. The fourth-order valence-electron chi connectivity index (χ4n) is 6.43. The average Bonchev–Trinajstić information content (AvgIpc) is 2.96. The second-order valence-corrected chi connectivity index (χ2v) is 9.65. The number of rotatable bonds is 4. The van der Waals surface area contributed by atoms with Crippen molar-refractivity contribution >= 4 is 5.97 Å². The van der Waals surface area contributed by atoms with Crippen LogP contribution in [0.4, 0.5) is 0 Å². The molecule has 2 fully saturated rings. The van der Waals surface area contributed by atoms with Gasteiger partial charge >= 0.3 is 5.97 Å². The fourth-order valence-corrected chi connectivity index (χ4v) is 6.43. The molecule has 4 aliphatic rings. The number of ether oxygens (including phenoxy) is 3. The summed E-state index contributed by atoms with van der Waals surface area (Å²) in [5.74, 6) is -3.05. The highest BCUT2D eigenvalue weighted by molar-refractivity contribution is 5.74. The van der Waals surface area contributed by atoms with Gasteiger partial charge in [-0.3, -0.25) is 4.79 Å². The number of carbonyl (C=O) groups is 1. The van der Waals surface area contributed by atoms with Gasteiger partial charge in [0.15, 0.2) is 0 Å². The summed E-state index contributed by atoms with van der Waals surface area (Å²) in [6.07, 6.45) is 1.50. The summed E-state index contributed by atoms with van der Waals surface area (Å²) in [5, 5.41) is 41.9. The minimum Gasteiger partial charge on any atom is -0.459 e. The van der Waals surface area contributed by atoms with E-state index in [4.69, 9.17) is 14.2 Å². The van der Waals surface area contributed by atoms with Gasteiger partial charge in [0, 0.05) is 36.7 Å². The Morgan fingerprint density at radius 1 is 1.23 bits per heavy atom. The van der Waals surface area contributed by atoms with Crippen LogP contribution in [0.1, 0.15) is 20.8 Å². The molecular weight excluding hydrogens is 404 g/mol. The summed E-state index contributed by atoms with van der Waals surface area (Å²) in [6, 6.07) is 0. The molecule has 31 heavy (non-hydrogen) atoms. The van der Waals surface area contributed by atoms with Crippen molar-refractivity contribution in [2.75, 3.05) is 20.3 Å². The Labute approximate surface area is 182 Å². The number of cyclic esters (lactones) is 1. The van der Waals surface area contributed by atoms with Crippen molar-refractivity contribution < 1.29 is 39.4 Å². The Morgan fingerprint density at radius 3 is 2.58 bits per heavy atom. The molecule has 4 bridgehead atoms. The number of hydrogen-bond donors (Lipinski definition) is 4. The summed E-state index contributed by atoms with van der Waals surface area (Å²) in [4.78, 5) is 13.3. The average molecular weight is 439 g/mol. The molecule has 0 amide bonds. The summed E-state index contributed by atoms with van der Waals surface area (Å²) >= 11 is 0. The Kier molecular flexibility index (Phi) is 6.09. The highest BCUT2D eigenvalue weighted by Crippen LogP contribution is 2.61. The van der Waals surface area contributed by atoms with Crippen LogP contribution in [0, 0.1) is 35.5 Å². The van der Waals surface area contributed by atoms with Gasteiger partial charge in [-0.05, 0) is 12.5 Å². The van der Waals surface area contributed by atoms with Gasteiger partial charge in [0.1, 0.15) is 17.8 Å². The van der Waals surface area contributed by atoms with E-state index in [1.54, 1.807) is 0 Å². The zero-order chi connectivity index (χ0) is 22.7. The van der Waals surface area contributed by atoms with Crippen molar-refractivity contribution in [1.29, 1.82) is 0 Å². The molecule has 1 saturated carbocycles. The van der Waals surface area contributed by atoms with Crippen molar-refractivity contribution in [3.05, 3.63) is 23.8 Å². The third-order valence-corrected chi connectivity index (χ3v) is 7.99. The smallest absolute Gasteiger partial charge is 0.312 e. The van der Waals surface area contributed by atoms with Crippen LogP contribution in [-0.2, 0) is 19.0 Å². The first-order valence-electron chi connectivity index (χ1n) is 11.1. The van der Waals surface area contributed by atoms with Gasteiger partial charge in [0.25, 0.3) is 0 Å². The lowest BCUT2D eigenvalue weighted by Crippen LogP contribution is -2.57. The van der Waals surface area contributed by atoms with Gasteiger partial charge in [0.2, 0.25) is 0 Å². The zero-order valence-corrected chi connectivity index (χ0v) is 18.4. The SMILES string of the molecule is COC[C@H]1C(=O)O[C@H]([C@H](O)CO)[C@H](C)/C=C(\C)[C@@]23O[C@H]4[C@H](O)[C@H](C)[C@@H](O)[C@@H]2[C@H]4C=C[C@H]13. The molecule has 1 spiro atoms. The topological polar surface area (TPSA) is 126 Å². The first kappa shape index (κ1) is 22.9. The van der Waals surface area contributed by atoms with Gasteiger partial charge < -0.3 is 34.6 Å². The molecule has 0 aromatic rings. The van der Waals surface area contributed by atoms with E-state index in [0.717, 1.165) is 5.57 Å². The van der Waals surface area contributed by atoms with E-state index in [1.807, 2.05) is 39.0 Å². The molecular formula is C23H34O8. The lowest BCUT2D eigenvalue weighted by atomic mass is 9.56. The summed E-state index contributed by atoms with van der Waals surface area (Å²) in [5.41, 5.74) is -0.188. The van der Waals surface area contributed by atoms with Crippen LogP contribution in [0.5, 0.6) is 0 Å². The molecule has 4 rings (SSSR count). The summed E-state index contributed by atoms with van der Waals surface area (Å²) in [7, 11) is 1.50. The maximum atomic E-state index is 13.3. The van der Waals surface area contributed by atoms with E-state index in [2.05, 4.69) is 0 Å². The van der Waals surface area contributed by atoms with E-state index < -0.39 is 66.5 Å². The highest BCUT2D eigenvalue weighted by Gasteiger charge is 2.69. The molecule has 8 heteroatoms. The third kappa shape index (κ3) is 3.22. The van der Waals surface area contributed by atoms with Gasteiger partial charge in [-0.25, -0.2) is 0 Å². The van der Waals surface area contributed by atoms with Crippen LogP contribution in [0.25, 0.3) is 0 Å². The van der Waals surface area contributed by atoms with E-state index >= 15 is 0 Å². The lowest BCUT2D eigenvalue weighted by molar-refractivity contribution is -0.172. The van der Waals surface area contributed by atoms with Gasteiger partial charge in [-0.1, -0.05) is 32.1 Å². The fraction of sp³-hybridized carbons (Fsp3) is 0.783. The molecule has 8 nitrogen and oxygen atoms in total. The Hall–Kier alpha value is -1.29. The molecule has 0 unspecified atom stereocenters. The number of esters is 1. The number of aliphatic hydroxyl groups is 4. The van der Waals surface area contributed by atoms with Crippen molar-refractivity contribution in [2.24, 2.45) is 35.5 Å². The lowest BCUT2D eigenvalue weighted by Gasteiger charge is -2.48.